The van der Waals surface area contributed by atoms with Crippen LogP contribution in [0.5, 0.6) is 11.5 Å². The number of fused-ring (bicyclic) bond motifs is 14. The lowest BCUT2D eigenvalue weighted by Crippen LogP contribution is -2.42. The maximum absolute atomic E-state index is 7.14. The van der Waals surface area contributed by atoms with Gasteiger partial charge in [0, 0.05) is 62.8 Å². The number of hydrogen-bond acceptors (Lipinski definition) is 4. The number of aromatic nitrogens is 1. The van der Waals surface area contributed by atoms with Gasteiger partial charge in [-0.2, -0.15) is 0 Å². The Kier molecular flexibility index (Phi) is 8.14. The Bertz CT molecular complexity index is 3340. The number of hydrogen-bond donors (Lipinski definition) is 1. The summed E-state index contributed by atoms with van der Waals surface area (Å²) >= 11 is 0. The largest absolute Gasteiger partial charge is 0.457 e. The normalized spacial score (nSPS) is 26.7. The fraction of sp³-hybridized carbons (Fsp3) is 0.217. The zero-order chi connectivity index (χ0) is 42.8. The summed E-state index contributed by atoms with van der Waals surface area (Å²) in [5, 5.41) is 6.35. The van der Waals surface area contributed by atoms with Gasteiger partial charge in [0.05, 0.1) is 28.7 Å². The van der Waals surface area contributed by atoms with Gasteiger partial charge in [-0.1, -0.05) is 140 Å². The Morgan fingerprint density at radius 3 is 2.48 bits per heavy atom. The van der Waals surface area contributed by atoms with Crippen LogP contribution >= 0.6 is 0 Å². The number of amidine groups is 1. The van der Waals surface area contributed by atoms with Crippen LogP contribution in [-0.4, -0.2) is 16.4 Å². The van der Waals surface area contributed by atoms with E-state index in [9.17, 15) is 0 Å². The van der Waals surface area contributed by atoms with E-state index in [1.165, 1.54) is 96.4 Å². The molecule has 65 heavy (non-hydrogen) atoms. The van der Waals surface area contributed by atoms with Crippen molar-refractivity contribution in [2.75, 3.05) is 4.90 Å². The molecule has 0 amide bonds. The summed E-state index contributed by atoms with van der Waals surface area (Å²) in [6, 6.07) is 41.0. The van der Waals surface area contributed by atoms with Crippen molar-refractivity contribution in [3.63, 3.8) is 0 Å². The van der Waals surface area contributed by atoms with Crippen LogP contribution < -0.4 is 15.0 Å². The molecule has 5 nitrogen and oxygen atoms in total. The van der Waals surface area contributed by atoms with Crippen molar-refractivity contribution in [3.05, 3.63) is 226 Å². The highest BCUT2D eigenvalue weighted by atomic mass is 16.5. The summed E-state index contributed by atoms with van der Waals surface area (Å²) in [7, 11) is 0. The highest BCUT2D eigenvalue weighted by Gasteiger charge is 2.56. The Labute approximate surface area is 380 Å². The molecule has 6 atom stereocenters. The maximum atomic E-state index is 7.14. The zero-order valence-electron chi connectivity index (χ0n) is 36.6. The van der Waals surface area contributed by atoms with Gasteiger partial charge in [-0.15, -0.1) is 0 Å². The average Bonchev–Trinajstić information content (AvgIpc) is 3.89. The lowest BCUT2D eigenvalue weighted by molar-refractivity contribution is 0.431. The molecule has 5 aromatic carbocycles. The first-order valence-corrected chi connectivity index (χ1v) is 23.9. The third-order valence-electron chi connectivity index (χ3n) is 15.7. The number of para-hydroxylation sites is 4. The van der Waals surface area contributed by atoms with E-state index in [0.717, 1.165) is 43.0 Å². The minimum Gasteiger partial charge on any atom is -0.457 e. The molecule has 0 fully saturated rings. The van der Waals surface area contributed by atoms with E-state index in [2.05, 4.69) is 198 Å². The van der Waals surface area contributed by atoms with E-state index in [4.69, 9.17) is 9.73 Å². The minimum absolute atomic E-state index is 0.0622. The van der Waals surface area contributed by atoms with Crippen LogP contribution in [0.2, 0.25) is 0 Å². The molecule has 4 aliphatic carbocycles. The fourth-order valence-electron chi connectivity index (χ4n) is 12.9. The van der Waals surface area contributed by atoms with Crippen molar-refractivity contribution >= 4 is 39.0 Å². The molecular formula is C60H50N4O. The first kappa shape index (κ1) is 37.3. The molecule has 316 valence electrons. The van der Waals surface area contributed by atoms with Crippen molar-refractivity contribution in [2.24, 2.45) is 16.8 Å². The molecule has 1 N–H and O–H groups in total. The summed E-state index contributed by atoms with van der Waals surface area (Å²) in [5.74, 6) is 3.79. The summed E-state index contributed by atoms with van der Waals surface area (Å²) in [6.45, 7) is 2.38. The molecular weight excluding hydrogens is 793 g/mol. The van der Waals surface area contributed by atoms with E-state index in [-0.39, 0.29) is 18.0 Å². The van der Waals surface area contributed by atoms with Gasteiger partial charge in [0.2, 0.25) is 0 Å². The van der Waals surface area contributed by atoms with Crippen molar-refractivity contribution in [1.29, 1.82) is 0 Å². The van der Waals surface area contributed by atoms with Crippen LogP contribution in [0.4, 0.5) is 11.4 Å². The van der Waals surface area contributed by atoms with Gasteiger partial charge in [0.1, 0.15) is 17.3 Å². The molecule has 1 aromatic heterocycles. The molecule has 5 heterocycles. The van der Waals surface area contributed by atoms with Crippen LogP contribution in [0, 0.1) is 11.8 Å². The van der Waals surface area contributed by atoms with E-state index >= 15 is 0 Å². The molecule has 0 bridgehead atoms. The molecule has 0 saturated carbocycles. The molecule has 14 rings (SSSR count). The first-order chi connectivity index (χ1) is 32.1. The van der Waals surface area contributed by atoms with E-state index in [1.54, 1.807) is 0 Å². The molecule has 1 spiro atoms. The third kappa shape index (κ3) is 5.30. The Morgan fingerprint density at radius 2 is 1.58 bits per heavy atom. The Morgan fingerprint density at radius 1 is 0.738 bits per heavy atom. The van der Waals surface area contributed by atoms with E-state index in [0.29, 0.717) is 11.8 Å². The van der Waals surface area contributed by atoms with E-state index in [1.807, 2.05) is 0 Å². The van der Waals surface area contributed by atoms with Crippen molar-refractivity contribution in [2.45, 2.75) is 68.9 Å². The molecule has 0 radical (unpaired) electrons. The maximum Gasteiger partial charge on any atom is 0.133 e. The van der Waals surface area contributed by atoms with Crippen molar-refractivity contribution in [3.8, 4) is 11.5 Å². The molecule has 4 aliphatic heterocycles. The number of nitrogens with zero attached hydrogens (tertiary/aromatic N) is 3. The molecule has 0 saturated heterocycles. The van der Waals surface area contributed by atoms with Crippen LogP contribution in [0.3, 0.4) is 0 Å². The highest BCUT2D eigenvalue weighted by molar-refractivity contribution is 6.10. The van der Waals surface area contributed by atoms with Crippen LogP contribution in [0.15, 0.2) is 209 Å². The summed E-state index contributed by atoms with van der Waals surface area (Å²) in [5.41, 5.74) is 16.1. The van der Waals surface area contributed by atoms with Gasteiger partial charge >= 0.3 is 0 Å². The highest BCUT2D eigenvalue weighted by Crippen LogP contribution is 2.67. The second-order valence-corrected chi connectivity index (χ2v) is 19.2. The second-order valence-electron chi connectivity index (χ2n) is 19.2. The number of allylic oxidation sites excluding steroid dienone is 12. The van der Waals surface area contributed by atoms with Gasteiger partial charge < -0.3 is 19.5 Å². The summed E-state index contributed by atoms with van der Waals surface area (Å²) < 4.78 is 9.76. The minimum atomic E-state index is -0.623. The number of ether oxygens (including phenoxy) is 1. The lowest BCUT2D eigenvalue weighted by atomic mass is 9.58. The monoisotopic (exact) mass is 842 g/mol. The molecule has 6 aromatic rings. The van der Waals surface area contributed by atoms with Crippen molar-refractivity contribution < 1.29 is 4.74 Å². The number of aliphatic imine (C=N–C) groups is 1. The Hall–Kier alpha value is -7.11. The SMILES string of the molecule is CC1C=CC2=C3C1c1ccccc1N3c1ccccc1C21c2ccccc2Oc2cc3c4ccccc4n(C4C=CC=C(C5=NC(C6C=CC=CC6)C=C(C6=CCCCC6)N5)C4)c3cc21. The summed E-state index contributed by atoms with van der Waals surface area (Å²) in [6.07, 6.45) is 32.4. The zero-order valence-corrected chi connectivity index (χ0v) is 36.6. The number of nitrogens with one attached hydrogen (secondary N) is 1. The second kappa shape index (κ2) is 14.2. The predicted molar refractivity (Wildman–Crippen MR) is 265 cm³/mol. The van der Waals surface area contributed by atoms with Crippen LogP contribution in [0.1, 0.15) is 79.7 Å². The summed E-state index contributed by atoms with van der Waals surface area (Å²) in [4.78, 5) is 8.11. The van der Waals surface area contributed by atoms with Crippen LogP contribution in [-0.2, 0) is 5.41 Å². The lowest BCUT2D eigenvalue weighted by Gasteiger charge is -2.49. The Balaban J connectivity index is 0.959. The first-order valence-electron chi connectivity index (χ1n) is 23.9. The van der Waals surface area contributed by atoms with E-state index < -0.39 is 5.41 Å². The van der Waals surface area contributed by atoms with Crippen LogP contribution in [0.25, 0.3) is 21.8 Å². The molecule has 6 unspecified atom stereocenters. The van der Waals surface area contributed by atoms with Crippen molar-refractivity contribution in [1.82, 2.24) is 9.88 Å². The van der Waals surface area contributed by atoms with Gasteiger partial charge in [-0.05, 0) is 108 Å². The molecule has 8 aliphatic rings. The standard InChI is InChI=1S/C60H50N4O/c1-37-31-32-47-58-57(37)43-24-9-13-28-52(43)64(58)53-29-14-10-25-45(53)60(47)46-26-11-15-30-55(46)65-56-34-44-42-23-8-12-27-51(42)63(54(44)35-48(56)60)41-22-16-21-40(33-41)59-61-49(38-17-4-2-5-18-38)36-50(62-59)39-19-6-3-7-20-39/h2,4-5,8-17,19,21-32,34-38,41,49,57H,3,6-7,18,20,33H2,1H3,(H,61,62). The van der Waals surface area contributed by atoms with Gasteiger partial charge in [-0.25, -0.2) is 0 Å². The number of rotatable bonds is 4. The van der Waals surface area contributed by atoms with Gasteiger partial charge in [0.15, 0.2) is 0 Å². The van der Waals surface area contributed by atoms with Gasteiger partial charge in [-0.3, -0.25) is 4.99 Å². The number of benzene rings is 5. The topological polar surface area (TPSA) is 41.8 Å². The number of anilines is 2. The predicted octanol–water partition coefficient (Wildman–Crippen LogP) is 14.3. The smallest absolute Gasteiger partial charge is 0.133 e. The average molecular weight is 843 g/mol. The van der Waals surface area contributed by atoms with Gasteiger partial charge in [0.25, 0.3) is 0 Å². The fourth-order valence-corrected chi connectivity index (χ4v) is 12.9. The quantitative estimate of drug-likeness (QED) is 0.192. The molecule has 5 heteroatoms. The third-order valence-corrected chi connectivity index (χ3v) is 15.7.